The first-order valence-electron chi connectivity index (χ1n) is 3.27. The van der Waals surface area contributed by atoms with Gasteiger partial charge in [-0.15, -0.1) is 0 Å². The van der Waals surface area contributed by atoms with Crippen LogP contribution in [0.15, 0.2) is 0 Å². The Morgan fingerprint density at radius 3 is 2.80 bits per heavy atom. The molecule has 1 atom stereocenters. The molecule has 1 fully saturated rings. The largest absolute Gasteiger partial charge is 0.376 e. The number of halogens is 2. The van der Waals surface area contributed by atoms with Crippen molar-refractivity contribution in [2.45, 2.75) is 25.6 Å². The molecule has 0 radical (unpaired) electrons. The van der Waals surface area contributed by atoms with Gasteiger partial charge in [0.2, 0.25) is 0 Å². The Labute approximate surface area is 58.1 Å². The number of rotatable bonds is 2. The van der Waals surface area contributed by atoms with E-state index in [-0.39, 0.29) is 13.0 Å². The molecule has 1 aliphatic heterocycles. The van der Waals surface area contributed by atoms with E-state index in [0.717, 1.165) is 0 Å². The summed E-state index contributed by atoms with van der Waals surface area (Å²) in [5.74, 6) is 0. The molecule has 0 amide bonds. The Bertz CT molecular complexity index is 116. The van der Waals surface area contributed by atoms with Crippen LogP contribution in [0.25, 0.3) is 0 Å². The highest BCUT2D eigenvalue weighted by atomic mass is 19.3. The fraction of sp³-hybridized carbons (Fsp3) is 1.00. The van der Waals surface area contributed by atoms with E-state index >= 15 is 0 Å². The van der Waals surface area contributed by atoms with Crippen LogP contribution < -0.4 is 0 Å². The van der Waals surface area contributed by atoms with E-state index in [1.54, 1.807) is 6.92 Å². The third-order valence-electron chi connectivity index (χ3n) is 1.35. The molecule has 0 aliphatic carbocycles. The third kappa shape index (κ3) is 1.88. The van der Waals surface area contributed by atoms with E-state index in [9.17, 15) is 8.78 Å². The van der Waals surface area contributed by atoms with Crippen molar-refractivity contribution in [3.05, 3.63) is 0 Å². The topological polar surface area (TPSA) is 18.5 Å². The summed E-state index contributed by atoms with van der Waals surface area (Å²) >= 11 is 0. The van der Waals surface area contributed by atoms with Gasteiger partial charge in [0.15, 0.2) is 0 Å². The minimum Gasteiger partial charge on any atom is -0.376 e. The van der Waals surface area contributed by atoms with E-state index in [1.165, 1.54) is 0 Å². The lowest BCUT2D eigenvalue weighted by atomic mass is 10.3. The first-order valence-corrected chi connectivity index (χ1v) is 3.27. The standard InChI is InChI=1S/C6H10F2O2/c1-2-9-5-3-6(7,8)10-4-5/h5H,2-4H2,1H3/t5-/m0/s1. The molecule has 4 heteroatoms. The van der Waals surface area contributed by atoms with E-state index in [4.69, 9.17) is 4.74 Å². The van der Waals surface area contributed by atoms with Crippen molar-refractivity contribution < 1.29 is 18.3 Å². The molecular formula is C6H10F2O2. The van der Waals surface area contributed by atoms with Gasteiger partial charge in [0.1, 0.15) is 0 Å². The molecule has 0 aromatic rings. The molecule has 0 N–H and O–H groups in total. The fourth-order valence-corrected chi connectivity index (χ4v) is 0.941. The monoisotopic (exact) mass is 152 g/mol. The van der Waals surface area contributed by atoms with Crippen LogP contribution in [0.2, 0.25) is 0 Å². The highest BCUT2D eigenvalue weighted by molar-refractivity contribution is 4.71. The van der Waals surface area contributed by atoms with Gasteiger partial charge in [-0.3, -0.25) is 0 Å². The second-order valence-electron chi connectivity index (χ2n) is 2.23. The Balaban J connectivity index is 2.29. The summed E-state index contributed by atoms with van der Waals surface area (Å²) in [5.41, 5.74) is 0. The molecule has 0 bridgehead atoms. The quantitative estimate of drug-likeness (QED) is 0.595. The van der Waals surface area contributed by atoms with E-state index in [0.29, 0.717) is 6.61 Å². The van der Waals surface area contributed by atoms with Gasteiger partial charge < -0.3 is 9.47 Å². The SMILES string of the molecule is CCO[C@@H]1COC(F)(F)C1. The summed E-state index contributed by atoms with van der Waals surface area (Å²) in [6, 6.07) is 0. The van der Waals surface area contributed by atoms with Gasteiger partial charge in [-0.2, -0.15) is 8.78 Å². The van der Waals surface area contributed by atoms with Gasteiger partial charge in [-0.25, -0.2) is 0 Å². The highest BCUT2D eigenvalue weighted by Crippen LogP contribution is 2.29. The fourth-order valence-electron chi connectivity index (χ4n) is 0.941. The van der Waals surface area contributed by atoms with Gasteiger partial charge in [0.25, 0.3) is 0 Å². The maximum Gasteiger partial charge on any atom is 0.358 e. The molecule has 60 valence electrons. The van der Waals surface area contributed by atoms with Gasteiger partial charge in [-0.05, 0) is 6.92 Å². The average Bonchev–Trinajstić information content (AvgIpc) is 2.12. The molecule has 1 saturated heterocycles. The zero-order valence-electron chi connectivity index (χ0n) is 5.77. The van der Waals surface area contributed by atoms with Gasteiger partial charge in [0.05, 0.1) is 19.1 Å². The minimum atomic E-state index is -2.96. The maximum atomic E-state index is 12.2. The lowest BCUT2D eigenvalue weighted by Crippen LogP contribution is -2.15. The van der Waals surface area contributed by atoms with Crippen molar-refractivity contribution in [1.82, 2.24) is 0 Å². The summed E-state index contributed by atoms with van der Waals surface area (Å²) < 4.78 is 33.5. The van der Waals surface area contributed by atoms with Crippen molar-refractivity contribution in [2.24, 2.45) is 0 Å². The van der Waals surface area contributed by atoms with Crippen LogP contribution in [0.5, 0.6) is 0 Å². The first kappa shape index (κ1) is 7.88. The Morgan fingerprint density at radius 2 is 2.40 bits per heavy atom. The second-order valence-corrected chi connectivity index (χ2v) is 2.23. The lowest BCUT2D eigenvalue weighted by molar-refractivity contribution is -0.205. The van der Waals surface area contributed by atoms with Gasteiger partial charge >= 0.3 is 6.11 Å². The normalized spacial score (nSPS) is 30.9. The van der Waals surface area contributed by atoms with Crippen LogP contribution in [-0.4, -0.2) is 25.4 Å². The van der Waals surface area contributed by atoms with Crippen molar-refractivity contribution in [3.8, 4) is 0 Å². The first-order chi connectivity index (χ1) is 4.64. The van der Waals surface area contributed by atoms with Crippen LogP contribution in [0.3, 0.4) is 0 Å². The summed E-state index contributed by atoms with van der Waals surface area (Å²) in [6.07, 6.45) is -3.68. The number of hydrogen-bond donors (Lipinski definition) is 0. The van der Waals surface area contributed by atoms with Crippen LogP contribution in [-0.2, 0) is 9.47 Å². The molecule has 1 aliphatic rings. The van der Waals surface area contributed by atoms with Crippen molar-refractivity contribution >= 4 is 0 Å². The summed E-state index contributed by atoms with van der Waals surface area (Å²) in [4.78, 5) is 0. The smallest absolute Gasteiger partial charge is 0.358 e. The molecule has 0 aromatic carbocycles. The zero-order valence-corrected chi connectivity index (χ0v) is 5.77. The Hall–Kier alpha value is -0.220. The molecule has 1 rings (SSSR count). The summed E-state index contributed by atoms with van der Waals surface area (Å²) in [6.45, 7) is 2.25. The summed E-state index contributed by atoms with van der Waals surface area (Å²) in [7, 11) is 0. The van der Waals surface area contributed by atoms with E-state index < -0.39 is 12.2 Å². The zero-order chi connectivity index (χ0) is 7.61. The minimum absolute atomic E-state index is 0.0147. The third-order valence-corrected chi connectivity index (χ3v) is 1.35. The highest BCUT2D eigenvalue weighted by Gasteiger charge is 2.41. The molecule has 10 heavy (non-hydrogen) atoms. The van der Waals surface area contributed by atoms with Crippen molar-refractivity contribution in [1.29, 1.82) is 0 Å². The van der Waals surface area contributed by atoms with Crippen LogP contribution in [0.1, 0.15) is 13.3 Å². The van der Waals surface area contributed by atoms with Crippen molar-refractivity contribution in [3.63, 3.8) is 0 Å². The van der Waals surface area contributed by atoms with Crippen molar-refractivity contribution in [2.75, 3.05) is 13.2 Å². The Kier molecular flexibility index (Phi) is 2.21. The predicted octanol–water partition coefficient (Wildman–Crippen LogP) is 1.40. The maximum absolute atomic E-state index is 12.2. The molecule has 2 nitrogen and oxygen atoms in total. The number of hydrogen-bond acceptors (Lipinski definition) is 2. The van der Waals surface area contributed by atoms with Gasteiger partial charge in [-0.1, -0.05) is 0 Å². The molecule has 0 aromatic heterocycles. The lowest BCUT2D eigenvalue weighted by Gasteiger charge is -2.06. The number of ether oxygens (including phenoxy) is 2. The van der Waals surface area contributed by atoms with Crippen LogP contribution in [0, 0.1) is 0 Å². The molecule has 0 unspecified atom stereocenters. The number of alkyl halides is 2. The Morgan fingerprint density at radius 1 is 1.70 bits per heavy atom. The molecule has 1 heterocycles. The second kappa shape index (κ2) is 2.80. The van der Waals surface area contributed by atoms with Gasteiger partial charge in [0, 0.05) is 6.61 Å². The predicted molar refractivity (Wildman–Crippen MR) is 30.9 cm³/mol. The molecule has 0 saturated carbocycles. The summed E-state index contributed by atoms with van der Waals surface area (Å²) in [5, 5.41) is 0. The average molecular weight is 152 g/mol. The van der Waals surface area contributed by atoms with E-state index in [1.807, 2.05) is 0 Å². The van der Waals surface area contributed by atoms with Crippen LogP contribution >= 0.6 is 0 Å². The van der Waals surface area contributed by atoms with E-state index in [2.05, 4.69) is 4.74 Å². The van der Waals surface area contributed by atoms with Crippen LogP contribution in [0.4, 0.5) is 8.78 Å². The molecular weight excluding hydrogens is 142 g/mol. The molecule has 0 spiro atoms.